The standard InChI is InChI=1S/C31H26N4O6S/c1-39-25-14-12-19(15-26(25)40-2)31(38)41-24-13-11-18-7-3-4-8-20(18)23(24)17-33-35-29(37)28(36)34-30-22(16-32)21-9-5-6-10-27(21)42-30/h3-4,7-8,11-15,17H,5-6,9-10H2,1-2H3,(H,34,36)(H,35,37)/b33-17+. The van der Waals surface area contributed by atoms with Gasteiger partial charge in [0.25, 0.3) is 0 Å². The van der Waals surface area contributed by atoms with E-state index in [2.05, 4.69) is 21.9 Å². The Kier molecular flexibility index (Phi) is 8.45. The summed E-state index contributed by atoms with van der Waals surface area (Å²) >= 11 is 1.33. The number of nitrogens with zero attached hydrogens (tertiary/aromatic N) is 2. The molecule has 0 radical (unpaired) electrons. The average Bonchev–Trinajstić information content (AvgIpc) is 3.38. The Morgan fingerprint density at radius 1 is 0.952 bits per heavy atom. The highest BCUT2D eigenvalue weighted by Crippen LogP contribution is 2.37. The molecule has 2 N–H and O–H groups in total. The van der Waals surface area contributed by atoms with Crippen molar-refractivity contribution in [1.82, 2.24) is 5.43 Å². The van der Waals surface area contributed by atoms with E-state index in [0.717, 1.165) is 41.5 Å². The maximum Gasteiger partial charge on any atom is 0.343 e. The van der Waals surface area contributed by atoms with E-state index in [1.807, 2.05) is 24.3 Å². The van der Waals surface area contributed by atoms with Crippen LogP contribution in [0.2, 0.25) is 0 Å². The second kappa shape index (κ2) is 12.5. The minimum atomic E-state index is -1.01. The fourth-order valence-corrected chi connectivity index (χ4v) is 5.99. The van der Waals surface area contributed by atoms with Gasteiger partial charge in [-0.3, -0.25) is 9.59 Å². The van der Waals surface area contributed by atoms with Crippen LogP contribution in [0.25, 0.3) is 10.8 Å². The van der Waals surface area contributed by atoms with Crippen LogP contribution in [0.4, 0.5) is 5.00 Å². The third-order valence-electron chi connectivity index (χ3n) is 6.83. The number of rotatable bonds is 7. The predicted molar refractivity (Wildman–Crippen MR) is 158 cm³/mol. The second-order valence-corrected chi connectivity index (χ2v) is 10.4. The zero-order valence-corrected chi connectivity index (χ0v) is 23.7. The molecule has 0 saturated heterocycles. The van der Waals surface area contributed by atoms with E-state index in [-0.39, 0.29) is 11.3 Å². The number of fused-ring (bicyclic) bond motifs is 2. The van der Waals surface area contributed by atoms with Gasteiger partial charge in [0.2, 0.25) is 0 Å². The number of ether oxygens (including phenoxy) is 3. The molecule has 42 heavy (non-hydrogen) atoms. The van der Waals surface area contributed by atoms with Crippen molar-refractivity contribution < 1.29 is 28.6 Å². The number of anilines is 1. The van der Waals surface area contributed by atoms with Crippen LogP contribution in [-0.4, -0.2) is 38.2 Å². The van der Waals surface area contributed by atoms with Gasteiger partial charge in [-0.05, 0) is 66.3 Å². The van der Waals surface area contributed by atoms with E-state index in [0.29, 0.717) is 33.0 Å². The van der Waals surface area contributed by atoms with Gasteiger partial charge in [0, 0.05) is 10.4 Å². The smallest absolute Gasteiger partial charge is 0.343 e. The molecule has 2 amide bonds. The maximum absolute atomic E-state index is 13.0. The first-order valence-corrected chi connectivity index (χ1v) is 13.9. The molecule has 0 spiro atoms. The number of esters is 1. The third kappa shape index (κ3) is 5.80. The lowest BCUT2D eigenvalue weighted by Crippen LogP contribution is -2.32. The number of nitriles is 1. The first-order valence-electron chi connectivity index (χ1n) is 13.1. The maximum atomic E-state index is 13.0. The van der Waals surface area contributed by atoms with Gasteiger partial charge in [0.05, 0.1) is 31.6 Å². The Balaban J connectivity index is 1.34. The zero-order valence-electron chi connectivity index (χ0n) is 22.9. The van der Waals surface area contributed by atoms with Crippen molar-refractivity contribution in [1.29, 1.82) is 5.26 Å². The Hall–Kier alpha value is -5.21. The number of hydrazone groups is 1. The van der Waals surface area contributed by atoms with Crippen molar-refractivity contribution in [3.8, 4) is 23.3 Å². The van der Waals surface area contributed by atoms with E-state index in [4.69, 9.17) is 14.2 Å². The lowest BCUT2D eigenvalue weighted by molar-refractivity contribution is -0.136. The molecule has 0 unspecified atom stereocenters. The van der Waals surface area contributed by atoms with Crippen LogP contribution in [0.15, 0.2) is 59.7 Å². The van der Waals surface area contributed by atoms with Crippen molar-refractivity contribution >= 4 is 51.1 Å². The molecule has 212 valence electrons. The molecular weight excluding hydrogens is 556 g/mol. The van der Waals surface area contributed by atoms with E-state index in [9.17, 15) is 19.6 Å². The molecule has 0 atom stereocenters. The van der Waals surface area contributed by atoms with Gasteiger partial charge >= 0.3 is 17.8 Å². The summed E-state index contributed by atoms with van der Waals surface area (Å²) in [5, 5.41) is 18.1. The number of hydrogen-bond acceptors (Lipinski definition) is 9. The first kappa shape index (κ1) is 28.3. The summed E-state index contributed by atoms with van der Waals surface area (Å²) in [5.74, 6) is -1.56. The Bertz CT molecular complexity index is 1770. The van der Waals surface area contributed by atoms with Crippen LogP contribution < -0.4 is 25.0 Å². The van der Waals surface area contributed by atoms with Gasteiger partial charge in [0.1, 0.15) is 16.8 Å². The summed E-state index contributed by atoms with van der Waals surface area (Å²) in [6.45, 7) is 0. The molecule has 1 aliphatic carbocycles. The number of amides is 2. The topological polar surface area (TPSA) is 139 Å². The molecule has 11 heteroatoms. The van der Waals surface area contributed by atoms with Crippen LogP contribution in [0, 0.1) is 11.3 Å². The number of carbonyl (C=O) groups is 3. The molecule has 0 saturated carbocycles. The van der Waals surface area contributed by atoms with Crippen molar-refractivity contribution in [3.05, 3.63) is 81.7 Å². The summed E-state index contributed by atoms with van der Waals surface area (Å²) in [5.41, 5.74) is 4.24. The van der Waals surface area contributed by atoms with Crippen LogP contribution in [-0.2, 0) is 22.4 Å². The lowest BCUT2D eigenvalue weighted by atomic mass is 9.96. The number of thiophene rings is 1. The average molecular weight is 583 g/mol. The van der Waals surface area contributed by atoms with Gasteiger partial charge in [-0.15, -0.1) is 11.3 Å². The molecule has 1 aromatic heterocycles. The first-order chi connectivity index (χ1) is 20.4. The molecule has 0 bridgehead atoms. The fourth-order valence-electron chi connectivity index (χ4n) is 4.76. The van der Waals surface area contributed by atoms with Crippen molar-refractivity contribution in [2.75, 3.05) is 19.5 Å². The summed E-state index contributed by atoms with van der Waals surface area (Å²) in [7, 11) is 2.97. The third-order valence-corrected chi connectivity index (χ3v) is 8.04. The Morgan fingerprint density at radius 2 is 1.71 bits per heavy atom. The van der Waals surface area contributed by atoms with Crippen molar-refractivity contribution in [2.45, 2.75) is 25.7 Å². The molecule has 4 aromatic rings. The second-order valence-electron chi connectivity index (χ2n) is 9.34. The number of benzene rings is 3. The predicted octanol–water partition coefficient (Wildman–Crippen LogP) is 4.98. The van der Waals surface area contributed by atoms with Gasteiger partial charge in [0.15, 0.2) is 11.5 Å². The molecule has 0 aliphatic heterocycles. The van der Waals surface area contributed by atoms with Gasteiger partial charge in [-0.2, -0.15) is 10.4 Å². The van der Waals surface area contributed by atoms with Crippen LogP contribution in [0.5, 0.6) is 17.2 Å². The van der Waals surface area contributed by atoms with E-state index >= 15 is 0 Å². The van der Waals surface area contributed by atoms with E-state index < -0.39 is 17.8 Å². The lowest BCUT2D eigenvalue weighted by Gasteiger charge is -2.12. The van der Waals surface area contributed by atoms with Crippen molar-refractivity contribution in [3.63, 3.8) is 0 Å². The summed E-state index contributed by atoms with van der Waals surface area (Å²) in [6.07, 6.45) is 4.97. The zero-order chi connectivity index (χ0) is 29.6. The molecule has 5 rings (SSSR count). The Morgan fingerprint density at radius 3 is 2.50 bits per heavy atom. The summed E-state index contributed by atoms with van der Waals surface area (Å²) in [6, 6.07) is 17.6. The van der Waals surface area contributed by atoms with Crippen LogP contribution in [0.1, 0.15) is 44.8 Å². The normalized spacial score (nSPS) is 12.3. The Labute approximate surface area is 245 Å². The number of carbonyl (C=O) groups excluding carboxylic acids is 3. The minimum Gasteiger partial charge on any atom is -0.493 e. The van der Waals surface area contributed by atoms with E-state index in [1.165, 1.54) is 37.8 Å². The number of methoxy groups -OCH3 is 2. The fraction of sp³-hybridized carbons (Fsp3) is 0.194. The van der Waals surface area contributed by atoms with Gasteiger partial charge in [-0.25, -0.2) is 10.2 Å². The SMILES string of the molecule is COc1ccc(C(=O)Oc2ccc3ccccc3c2/C=N/NC(=O)C(=O)Nc2sc3c(c2C#N)CCCC3)cc1OC. The molecular formula is C31H26N4O6S. The number of aryl methyl sites for hydroxylation is 1. The number of nitrogens with one attached hydrogen (secondary N) is 2. The monoisotopic (exact) mass is 582 g/mol. The largest absolute Gasteiger partial charge is 0.493 e. The molecule has 1 aliphatic rings. The molecule has 10 nitrogen and oxygen atoms in total. The van der Waals surface area contributed by atoms with Gasteiger partial charge < -0.3 is 19.5 Å². The van der Waals surface area contributed by atoms with Gasteiger partial charge in [-0.1, -0.05) is 30.3 Å². The summed E-state index contributed by atoms with van der Waals surface area (Å²) < 4.78 is 16.2. The van der Waals surface area contributed by atoms with Crippen molar-refractivity contribution in [2.24, 2.45) is 5.10 Å². The van der Waals surface area contributed by atoms with Crippen LogP contribution >= 0.6 is 11.3 Å². The molecule has 1 heterocycles. The van der Waals surface area contributed by atoms with E-state index in [1.54, 1.807) is 24.3 Å². The highest BCUT2D eigenvalue weighted by atomic mass is 32.1. The summed E-state index contributed by atoms with van der Waals surface area (Å²) in [4.78, 5) is 39.3. The quantitative estimate of drug-likeness (QED) is 0.103. The highest BCUT2D eigenvalue weighted by molar-refractivity contribution is 7.16. The molecule has 3 aromatic carbocycles. The number of hydrogen-bond donors (Lipinski definition) is 2. The minimum absolute atomic E-state index is 0.193. The highest BCUT2D eigenvalue weighted by Gasteiger charge is 2.24. The van der Waals surface area contributed by atoms with Crippen LogP contribution in [0.3, 0.4) is 0 Å². The molecule has 0 fully saturated rings.